The highest BCUT2D eigenvalue weighted by molar-refractivity contribution is 7.11. The summed E-state index contributed by atoms with van der Waals surface area (Å²) in [6.07, 6.45) is 1.02. The van der Waals surface area contributed by atoms with Crippen LogP contribution in [0, 0.1) is 5.82 Å². The number of hydrogen-bond donors (Lipinski definition) is 0. The molecule has 0 saturated heterocycles. The van der Waals surface area contributed by atoms with Gasteiger partial charge in [-0.2, -0.15) is 0 Å². The molecule has 0 aliphatic carbocycles. The Bertz CT molecular complexity index is 794. The van der Waals surface area contributed by atoms with Crippen LogP contribution < -0.4 is 0 Å². The Morgan fingerprint density at radius 3 is 2.71 bits per heavy atom. The maximum absolute atomic E-state index is 13.6. The van der Waals surface area contributed by atoms with Gasteiger partial charge in [-0.3, -0.25) is 0 Å². The number of rotatable bonds is 4. The predicted octanol–water partition coefficient (Wildman–Crippen LogP) is 5.24. The van der Waals surface area contributed by atoms with Gasteiger partial charge in [-0.25, -0.2) is 9.37 Å². The van der Waals surface area contributed by atoms with Crippen LogP contribution in [0.25, 0.3) is 11.0 Å². The minimum Gasteiger partial charge on any atom is -0.322 e. The molecule has 2 nitrogen and oxygen atoms in total. The number of fused-ring (bicyclic) bond motifs is 1. The number of hydrogen-bond acceptors (Lipinski definition) is 2. The van der Waals surface area contributed by atoms with Gasteiger partial charge in [0, 0.05) is 15.8 Å². The summed E-state index contributed by atoms with van der Waals surface area (Å²) in [5.74, 6) is 0.541. The lowest BCUT2D eigenvalue weighted by molar-refractivity contribution is 0.629. The number of nitrogens with zero attached hydrogens (tertiary/aromatic N) is 2. The van der Waals surface area contributed by atoms with Crippen LogP contribution >= 0.6 is 34.5 Å². The molecule has 2 aromatic heterocycles. The van der Waals surface area contributed by atoms with Gasteiger partial charge in [0.05, 0.1) is 28.5 Å². The van der Waals surface area contributed by atoms with Gasteiger partial charge in [0.2, 0.25) is 0 Å². The molecule has 0 bridgehead atoms. The molecule has 2 heterocycles. The fourth-order valence-corrected chi connectivity index (χ4v) is 3.61. The van der Waals surface area contributed by atoms with Crippen molar-refractivity contribution in [1.29, 1.82) is 0 Å². The summed E-state index contributed by atoms with van der Waals surface area (Å²) in [5.41, 5.74) is 1.39. The first kappa shape index (κ1) is 14.8. The minimum absolute atomic E-state index is 0.102. The molecule has 110 valence electrons. The van der Waals surface area contributed by atoms with Crippen molar-refractivity contribution in [3.05, 3.63) is 50.7 Å². The largest absolute Gasteiger partial charge is 0.322 e. The molecular formula is C15H13Cl2FN2S. The molecule has 0 N–H and O–H groups in total. The normalized spacial score (nSPS) is 11.4. The first-order valence-corrected chi connectivity index (χ1v) is 8.33. The molecule has 0 aliphatic rings. The van der Waals surface area contributed by atoms with Gasteiger partial charge in [-0.05, 0) is 24.6 Å². The first-order valence-electron chi connectivity index (χ1n) is 6.60. The Hall–Kier alpha value is -1.10. The summed E-state index contributed by atoms with van der Waals surface area (Å²) in [5, 5.41) is 0.102. The number of imidazole rings is 1. The van der Waals surface area contributed by atoms with Crippen LogP contribution in [0.15, 0.2) is 24.3 Å². The Morgan fingerprint density at radius 1 is 1.29 bits per heavy atom. The van der Waals surface area contributed by atoms with Gasteiger partial charge in [-0.1, -0.05) is 18.5 Å². The Kier molecular flexibility index (Phi) is 4.20. The predicted molar refractivity (Wildman–Crippen MR) is 87.1 cm³/mol. The maximum Gasteiger partial charge on any atom is 0.144 e. The van der Waals surface area contributed by atoms with Gasteiger partial charge in [0.15, 0.2) is 0 Å². The third-order valence-electron chi connectivity index (χ3n) is 3.37. The highest BCUT2D eigenvalue weighted by Gasteiger charge is 2.14. The fourth-order valence-electron chi connectivity index (χ4n) is 2.30. The Labute approximate surface area is 136 Å². The van der Waals surface area contributed by atoms with Crippen molar-refractivity contribution in [2.45, 2.75) is 25.8 Å². The van der Waals surface area contributed by atoms with Crippen LogP contribution in [0.4, 0.5) is 4.39 Å². The van der Waals surface area contributed by atoms with E-state index in [4.69, 9.17) is 23.2 Å². The highest BCUT2D eigenvalue weighted by atomic mass is 35.5. The summed E-state index contributed by atoms with van der Waals surface area (Å²) in [4.78, 5) is 6.95. The molecule has 0 radical (unpaired) electrons. The topological polar surface area (TPSA) is 17.8 Å². The zero-order valence-electron chi connectivity index (χ0n) is 11.4. The van der Waals surface area contributed by atoms with Crippen molar-refractivity contribution in [1.82, 2.24) is 9.55 Å². The molecule has 0 amide bonds. The van der Waals surface area contributed by atoms with Crippen molar-refractivity contribution in [2.24, 2.45) is 0 Å². The summed E-state index contributed by atoms with van der Waals surface area (Å²) >= 11 is 13.6. The SMILES string of the molecule is CCc1ccc(Cn2c(CCl)nc3cc(F)c(Cl)cc32)s1. The number of thiophene rings is 1. The third kappa shape index (κ3) is 2.80. The standard InChI is InChI=1S/C15H13Cl2FN2S/c1-2-9-3-4-10(21-9)8-20-14-5-11(17)12(18)6-13(14)19-15(20)7-16/h3-6H,2,7-8H2,1H3. The molecule has 21 heavy (non-hydrogen) atoms. The number of aryl methyl sites for hydroxylation is 1. The molecule has 0 saturated carbocycles. The van der Waals surface area contributed by atoms with E-state index in [1.165, 1.54) is 15.8 Å². The van der Waals surface area contributed by atoms with E-state index in [0.29, 0.717) is 12.1 Å². The number of aromatic nitrogens is 2. The summed E-state index contributed by atoms with van der Waals surface area (Å²) in [7, 11) is 0. The van der Waals surface area contributed by atoms with Crippen molar-refractivity contribution in [3.63, 3.8) is 0 Å². The zero-order valence-corrected chi connectivity index (χ0v) is 13.7. The van der Waals surface area contributed by atoms with E-state index in [1.54, 1.807) is 17.4 Å². The van der Waals surface area contributed by atoms with E-state index in [0.717, 1.165) is 17.8 Å². The van der Waals surface area contributed by atoms with E-state index in [9.17, 15) is 4.39 Å². The maximum atomic E-state index is 13.6. The summed E-state index contributed by atoms with van der Waals surface area (Å²) in [6.45, 7) is 2.81. The van der Waals surface area contributed by atoms with Crippen LogP contribution in [0.2, 0.25) is 5.02 Å². The van der Waals surface area contributed by atoms with E-state index < -0.39 is 5.82 Å². The average molecular weight is 343 g/mol. The lowest BCUT2D eigenvalue weighted by Crippen LogP contribution is -2.02. The van der Waals surface area contributed by atoms with Gasteiger partial charge in [-0.15, -0.1) is 22.9 Å². The van der Waals surface area contributed by atoms with E-state index in [-0.39, 0.29) is 10.9 Å². The quantitative estimate of drug-likeness (QED) is 0.593. The second kappa shape index (κ2) is 5.95. The molecule has 1 aromatic carbocycles. The monoisotopic (exact) mass is 342 g/mol. The second-order valence-electron chi connectivity index (χ2n) is 4.72. The van der Waals surface area contributed by atoms with Gasteiger partial charge >= 0.3 is 0 Å². The van der Waals surface area contributed by atoms with E-state index in [1.807, 2.05) is 4.57 Å². The van der Waals surface area contributed by atoms with Crippen molar-refractivity contribution >= 4 is 45.6 Å². The Morgan fingerprint density at radius 2 is 2.05 bits per heavy atom. The van der Waals surface area contributed by atoms with Crippen LogP contribution in [0.5, 0.6) is 0 Å². The molecule has 3 aromatic rings. The first-order chi connectivity index (χ1) is 10.1. The zero-order chi connectivity index (χ0) is 15.0. The van der Waals surface area contributed by atoms with Crippen LogP contribution in [-0.4, -0.2) is 9.55 Å². The molecule has 3 rings (SSSR count). The van der Waals surface area contributed by atoms with Crippen molar-refractivity contribution < 1.29 is 4.39 Å². The molecule has 0 spiro atoms. The lowest BCUT2D eigenvalue weighted by Gasteiger charge is -2.06. The molecule has 0 fully saturated rings. The smallest absolute Gasteiger partial charge is 0.144 e. The number of halogens is 3. The number of alkyl halides is 1. The minimum atomic E-state index is -0.459. The molecule has 0 atom stereocenters. The average Bonchev–Trinajstić information content (AvgIpc) is 3.05. The lowest BCUT2D eigenvalue weighted by atomic mass is 10.3. The van der Waals surface area contributed by atoms with Crippen LogP contribution in [-0.2, 0) is 18.8 Å². The van der Waals surface area contributed by atoms with Crippen LogP contribution in [0.1, 0.15) is 22.5 Å². The second-order valence-corrected chi connectivity index (χ2v) is 6.65. The molecule has 0 unspecified atom stereocenters. The third-order valence-corrected chi connectivity index (χ3v) is 5.11. The van der Waals surface area contributed by atoms with Gasteiger partial charge in [0.25, 0.3) is 0 Å². The van der Waals surface area contributed by atoms with Crippen molar-refractivity contribution in [3.8, 4) is 0 Å². The van der Waals surface area contributed by atoms with Crippen molar-refractivity contribution in [2.75, 3.05) is 0 Å². The molecular weight excluding hydrogens is 330 g/mol. The summed E-state index contributed by atoms with van der Waals surface area (Å²) < 4.78 is 15.6. The summed E-state index contributed by atoms with van der Waals surface area (Å²) in [6, 6.07) is 7.21. The molecule has 6 heteroatoms. The fraction of sp³-hybridized carbons (Fsp3) is 0.267. The number of benzene rings is 1. The molecule has 0 aliphatic heterocycles. The highest BCUT2D eigenvalue weighted by Crippen LogP contribution is 2.27. The van der Waals surface area contributed by atoms with E-state index in [2.05, 4.69) is 24.0 Å². The van der Waals surface area contributed by atoms with Gasteiger partial charge < -0.3 is 4.57 Å². The van der Waals surface area contributed by atoms with E-state index >= 15 is 0 Å². The Balaban J connectivity index is 2.09. The van der Waals surface area contributed by atoms with Gasteiger partial charge in [0.1, 0.15) is 11.6 Å². The van der Waals surface area contributed by atoms with Crippen LogP contribution in [0.3, 0.4) is 0 Å².